The van der Waals surface area contributed by atoms with Crippen LogP contribution in [0.2, 0.25) is 0 Å². The average molecular weight is 432 g/mol. The van der Waals surface area contributed by atoms with E-state index < -0.39 is 23.0 Å². The fourth-order valence-corrected chi connectivity index (χ4v) is 3.37. The number of ketones is 1. The van der Waals surface area contributed by atoms with Crippen molar-refractivity contribution in [1.29, 1.82) is 0 Å². The summed E-state index contributed by atoms with van der Waals surface area (Å²) >= 11 is 0. The van der Waals surface area contributed by atoms with E-state index in [4.69, 9.17) is 0 Å². The van der Waals surface area contributed by atoms with Crippen LogP contribution >= 0.6 is 0 Å². The first-order valence-electron chi connectivity index (χ1n) is 9.76. The van der Waals surface area contributed by atoms with E-state index >= 15 is 0 Å². The number of pyridine rings is 1. The molecule has 6 nitrogen and oxygen atoms in total. The molecule has 0 atom stereocenters. The monoisotopic (exact) mass is 432 g/mol. The second-order valence-electron chi connectivity index (χ2n) is 7.12. The van der Waals surface area contributed by atoms with Gasteiger partial charge in [0.1, 0.15) is 23.0 Å². The Morgan fingerprint density at radius 2 is 1.66 bits per heavy atom. The number of nitrogens with one attached hydrogen (secondary N) is 1. The van der Waals surface area contributed by atoms with Crippen molar-refractivity contribution >= 4 is 17.2 Å². The average Bonchev–Trinajstić information content (AvgIpc) is 2.76. The Kier molecular flexibility index (Phi) is 5.85. The van der Waals surface area contributed by atoms with Gasteiger partial charge < -0.3 is 5.32 Å². The Morgan fingerprint density at radius 1 is 1.00 bits per heavy atom. The summed E-state index contributed by atoms with van der Waals surface area (Å²) in [5.41, 5.74) is 1.01. The van der Waals surface area contributed by atoms with Crippen LogP contribution < -0.4 is 10.9 Å². The van der Waals surface area contributed by atoms with Gasteiger partial charge in [0.05, 0.1) is 12.1 Å². The Morgan fingerprint density at radius 3 is 2.28 bits per heavy atom. The summed E-state index contributed by atoms with van der Waals surface area (Å²) in [5.74, 6) is -2.04. The number of carbonyl (C=O) groups excluding carboxylic acids is 1. The number of nitrogens with zero attached hydrogens (tertiary/aromatic N) is 3. The third kappa shape index (κ3) is 4.44. The molecule has 8 heteroatoms. The van der Waals surface area contributed by atoms with E-state index in [0.717, 1.165) is 23.8 Å². The fraction of sp³-hybridized carbons (Fsp3) is 0.0833. The summed E-state index contributed by atoms with van der Waals surface area (Å²) < 4.78 is 28.7. The Balaban J connectivity index is 1.95. The van der Waals surface area contributed by atoms with Gasteiger partial charge in [-0.25, -0.2) is 13.5 Å². The molecule has 32 heavy (non-hydrogen) atoms. The van der Waals surface area contributed by atoms with Gasteiger partial charge in [0.15, 0.2) is 5.78 Å². The van der Waals surface area contributed by atoms with Crippen LogP contribution in [0.1, 0.15) is 22.8 Å². The lowest BCUT2D eigenvalue weighted by atomic mass is 10.0. The molecule has 0 spiro atoms. The van der Waals surface area contributed by atoms with E-state index in [1.54, 1.807) is 48.8 Å². The van der Waals surface area contributed by atoms with E-state index in [0.29, 0.717) is 5.56 Å². The highest BCUT2D eigenvalue weighted by molar-refractivity contribution is 6.05. The lowest BCUT2D eigenvalue weighted by Gasteiger charge is -2.17. The molecule has 0 unspecified atom stereocenters. The largest absolute Gasteiger partial charge is 0.350 e. The van der Waals surface area contributed by atoms with Crippen molar-refractivity contribution in [2.45, 2.75) is 13.5 Å². The lowest BCUT2D eigenvalue weighted by molar-refractivity contribution is 0.101. The summed E-state index contributed by atoms with van der Waals surface area (Å²) in [6.07, 6.45) is 3.19. The minimum Gasteiger partial charge on any atom is -0.350 e. The van der Waals surface area contributed by atoms with Crippen LogP contribution in [0.3, 0.4) is 0 Å². The van der Waals surface area contributed by atoms with E-state index in [9.17, 15) is 18.4 Å². The van der Waals surface area contributed by atoms with Gasteiger partial charge >= 0.3 is 0 Å². The second-order valence-corrected chi connectivity index (χ2v) is 7.12. The summed E-state index contributed by atoms with van der Waals surface area (Å²) in [4.78, 5) is 29.9. The number of rotatable bonds is 6. The predicted octanol–water partition coefficient (Wildman–Crippen LogP) is 4.58. The normalized spacial score (nSPS) is 10.7. The highest BCUT2D eigenvalue weighted by Crippen LogP contribution is 2.28. The summed E-state index contributed by atoms with van der Waals surface area (Å²) in [7, 11) is 0. The molecule has 0 saturated carbocycles. The van der Waals surface area contributed by atoms with Crippen molar-refractivity contribution in [1.82, 2.24) is 14.8 Å². The minimum absolute atomic E-state index is 0.00257. The van der Waals surface area contributed by atoms with Gasteiger partial charge in [-0.05, 0) is 36.8 Å². The van der Waals surface area contributed by atoms with Gasteiger partial charge in [0.2, 0.25) is 0 Å². The molecule has 4 aromatic rings. The number of anilines is 2. The van der Waals surface area contributed by atoms with Crippen molar-refractivity contribution in [3.63, 3.8) is 0 Å². The number of halogens is 2. The molecule has 2 aromatic carbocycles. The third-order valence-electron chi connectivity index (χ3n) is 4.77. The minimum atomic E-state index is -0.814. The van der Waals surface area contributed by atoms with Crippen LogP contribution in [0.15, 0.2) is 77.9 Å². The molecule has 4 rings (SSSR count). The first-order valence-corrected chi connectivity index (χ1v) is 9.76. The maximum Gasteiger partial charge on any atom is 0.291 e. The van der Waals surface area contributed by atoms with Crippen molar-refractivity contribution in [2.24, 2.45) is 0 Å². The topological polar surface area (TPSA) is 76.9 Å². The molecular formula is C24H18F2N4O2. The summed E-state index contributed by atoms with van der Waals surface area (Å²) in [5, 5.41) is 7.22. The molecule has 160 valence electrons. The van der Waals surface area contributed by atoms with Crippen molar-refractivity contribution in [3.05, 3.63) is 106 Å². The molecule has 0 saturated heterocycles. The van der Waals surface area contributed by atoms with Crippen molar-refractivity contribution in [3.8, 4) is 11.3 Å². The number of hydrogen-bond donors (Lipinski definition) is 1. The van der Waals surface area contributed by atoms with Crippen LogP contribution in [0.25, 0.3) is 11.3 Å². The first kappa shape index (κ1) is 21.0. The molecule has 0 radical (unpaired) electrons. The Hall–Kier alpha value is -4.20. The molecule has 0 amide bonds. The lowest BCUT2D eigenvalue weighted by Crippen LogP contribution is -2.29. The molecule has 2 heterocycles. The molecule has 0 aliphatic carbocycles. The standard InChI is InChI=1S/C24H18F2N4O2/c1-15(31)21-22(17-5-3-2-4-6-17)29-30(14-16-7-9-27-10-8-16)24(32)23(21)28-20-12-18(25)11-19(26)13-20/h2-13,28H,14H2,1H3. The number of Topliss-reactive ketones (excluding diaryl/α,β-unsaturated/α-hetero) is 1. The molecule has 0 aliphatic rings. The van der Waals surface area contributed by atoms with Gasteiger partial charge in [-0.1, -0.05) is 30.3 Å². The van der Waals surface area contributed by atoms with E-state index in [2.05, 4.69) is 15.4 Å². The molecule has 0 bridgehead atoms. The van der Waals surface area contributed by atoms with Crippen molar-refractivity contribution < 1.29 is 13.6 Å². The van der Waals surface area contributed by atoms with Crippen LogP contribution in [0.5, 0.6) is 0 Å². The zero-order chi connectivity index (χ0) is 22.7. The Bertz CT molecular complexity index is 1320. The molecule has 2 aromatic heterocycles. The number of carbonyl (C=O) groups is 1. The van der Waals surface area contributed by atoms with Crippen LogP contribution in [-0.4, -0.2) is 20.5 Å². The maximum absolute atomic E-state index is 13.8. The van der Waals surface area contributed by atoms with Gasteiger partial charge in [-0.2, -0.15) is 5.10 Å². The fourth-order valence-electron chi connectivity index (χ4n) is 3.37. The number of aromatic nitrogens is 3. The number of hydrogen-bond acceptors (Lipinski definition) is 5. The maximum atomic E-state index is 13.8. The van der Waals surface area contributed by atoms with E-state index in [1.807, 2.05) is 6.07 Å². The van der Waals surface area contributed by atoms with Crippen LogP contribution in [0, 0.1) is 11.6 Å². The molecule has 0 aliphatic heterocycles. The third-order valence-corrected chi connectivity index (χ3v) is 4.77. The molecule has 0 fully saturated rings. The number of benzene rings is 2. The predicted molar refractivity (Wildman–Crippen MR) is 117 cm³/mol. The Labute approximate surface area is 182 Å². The van der Waals surface area contributed by atoms with Gasteiger partial charge in [0.25, 0.3) is 5.56 Å². The van der Waals surface area contributed by atoms with Gasteiger partial charge in [-0.15, -0.1) is 0 Å². The first-order chi connectivity index (χ1) is 15.4. The summed E-state index contributed by atoms with van der Waals surface area (Å²) in [6, 6.07) is 15.2. The summed E-state index contributed by atoms with van der Waals surface area (Å²) in [6.45, 7) is 1.43. The zero-order valence-electron chi connectivity index (χ0n) is 17.0. The molecule has 1 N–H and O–H groups in total. The highest BCUT2D eigenvalue weighted by atomic mass is 19.1. The van der Waals surface area contributed by atoms with Gasteiger partial charge in [-0.3, -0.25) is 14.6 Å². The highest BCUT2D eigenvalue weighted by Gasteiger charge is 2.22. The second kappa shape index (κ2) is 8.89. The van der Waals surface area contributed by atoms with Gasteiger partial charge in [0, 0.05) is 29.7 Å². The van der Waals surface area contributed by atoms with Crippen LogP contribution in [0.4, 0.5) is 20.2 Å². The smallest absolute Gasteiger partial charge is 0.291 e. The van der Waals surface area contributed by atoms with Crippen molar-refractivity contribution in [2.75, 3.05) is 5.32 Å². The van der Waals surface area contributed by atoms with E-state index in [1.165, 1.54) is 11.6 Å². The molecular weight excluding hydrogens is 414 g/mol. The van der Waals surface area contributed by atoms with E-state index in [-0.39, 0.29) is 29.2 Å². The van der Waals surface area contributed by atoms with Crippen LogP contribution in [-0.2, 0) is 6.54 Å². The quantitative estimate of drug-likeness (QED) is 0.452. The zero-order valence-corrected chi connectivity index (χ0v) is 17.0. The SMILES string of the molecule is CC(=O)c1c(-c2ccccc2)nn(Cc2ccncc2)c(=O)c1Nc1cc(F)cc(F)c1.